The maximum atomic E-state index is 12.2. The summed E-state index contributed by atoms with van der Waals surface area (Å²) in [5.41, 5.74) is 0. The number of unbranched alkanes of at least 4 members (excludes halogenated alkanes) is 4. The molecule has 0 aliphatic carbocycles. The van der Waals surface area contributed by atoms with Gasteiger partial charge in [0.05, 0.1) is 5.75 Å². The molecule has 5 nitrogen and oxygen atoms in total. The lowest BCUT2D eigenvalue weighted by Gasteiger charge is -2.26. The number of carbonyl (C=O) groups excluding carboxylic acids is 1. The van der Waals surface area contributed by atoms with Crippen molar-refractivity contribution in [3.05, 3.63) is 5.82 Å². The van der Waals surface area contributed by atoms with Crippen molar-refractivity contribution in [1.82, 2.24) is 19.7 Å². The zero-order chi connectivity index (χ0) is 16.5. The van der Waals surface area contributed by atoms with Gasteiger partial charge in [-0.2, -0.15) is 0 Å². The fourth-order valence-corrected chi connectivity index (χ4v) is 3.77. The van der Waals surface area contributed by atoms with Gasteiger partial charge in [0.15, 0.2) is 5.16 Å². The standard InChI is InChI=1S/C17H30N4OS/c1-3-4-5-6-8-11-15-18-19-17(20(15)2)23-14-16(22)21-12-9-7-10-13-21/h3-14H2,1-2H3. The maximum Gasteiger partial charge on any atom is 0.233 e. The number of aromatic nitrogens is 3. The van der Waals surface area contributed by atoms with Gasteiger partial charge in [-0.1, -0.05) is 44.4 Å². The van der Waals surface area contributed by atoms with Gasteiger partial charge in [0.1, 0.15) is 5.82 Å². The van der Waals surface area contributed by atoms with Crippen LogP contribution in [0.3, 0.4) is 0 Å². The summed E-state index contributed by atoms with van der Waals surface area (Å²) in [6.07, 6.45) is 10.8. The number of hydrogen-bond acceptors (Lipinski definition) is 4. The van der Waals surface area contributed by atoms with Crippen LogP contribution < -0.4 is 0 Å². The van der Waals surface area contributed by atoms with Crippen LogP contribution in [0, 0.1) is 0 Å². The number of rotatable bonds is 9. The lowest BCUT2D eigenvalue weighted by Crippen LogP contribution is -2.36. The number of hydrogen-bond donors (Lipinski definition) is 0. The highest BCUT2D eigenvalue weighted by atomic mass is 32.2. The molecule has 0 unspecified atom stereocenters. The molecular weight excluding hydrogens is 308 g/mol. The summed E-state index contributed by atoms with van der Waals surface area (Å²) in [4.78, 5) is 14.2. The molecule has 1 aromatic rings. The minimum Gasteiger partial charge on any atom is -0.342 e. The van der Waals surface area contributed by atoms with E-state index >= 15 is 0 Å². The molecule has 0 spiro atoms. The zero-order valence-corrected chi connectivity index (χ0v) is 15.4. The highest BCUT2D eigenvalue weighted by molar-refractivity contribution is 7.99. The van der Waals surface area contributed by atoms with Crippen molar-refractivity contribution in [1.29, 1.82) is 0 Å². The smallest absolute Gasteiger partial charge is 0.233 e. The molecule has 1 fully saturated rings. The number of carbonyl (C=O) groups is 1. The van der Waals surface area contributed by atoms with Gasteiger partial charge in [0.25, 0.3) is 0 Å². The summed E-state index contributed by atoms with van der Waals surface area (Å²) in [6.45, 7) is 4.07. The van der Waals surface area contributed by atoms with Crippen LogP contribution in [-0.4, -0.2) is 44.4 Å². The fraction of sp³-hybridized carbons (Fsp3) is 0.824. The summed E-state index contributed by atoms with van der Waals surface area (Å²) in [5.74, 6) is 1.75. The Hall–Kier alpha value is -1.04. The van der Waals surface area contributed by atoms with Crippen molar-refractivity contribution in [2.75, 3.05) is 18.8 Å². The number of nitrogens with zero attached hydrogens (tertiary/aromatic N) is 4. The molecule has 6 heteroatoms. The summed E-state index contributed by atoms with van der Waals surface area (Å²) >= 11 is 1.52. The second kappa shape index (κ2) is 9.96. The molecule has 2 heterocycles. The van der Waals surface area contributed by atoms with E-state index in [1.165, 1.54) is 50.3 Å². The Morgan fingerprint density at radius 3 is 2.57 bits per heavy atom. The third kappa shape index (κ3) is 5.83. The molecular formula is C17H30N4OS. The van der Waals surface area contributed by atoms with Crippen LogP contribution in [0.15, 0.2) is 5.16 Å². The first-order chi connectivity index (χ1) is 11.2. The van der Waals surface area contributed by atoms with Crippen LogP contribution in [0.25, 0.3) is 0 Å². The van der Waals surface area contributed by atoms with Crippen LogP contribution in [0.2, 0.25) is 0 Å². The molecule has 0 radical (unpaired) electrons. The van der Waals surface area contributed by atoms with Gasteiger partial charge in [-0.05, 0) is 25.7 Å². The van der Waals surface area contributed by atoms with Gasteiger partial charge in [-0.25, -0.2) is 0 Å². The lowest BCUT2D eigenvalue weighted by molar-refractivity contribution is -0.129. The van der Waals surface area contributed by atoms with Crippen molar-refractivity contribution in [2.24, 2.45) is 7.05 Å². The van der Waals surface area contributed by atoms with Crippen LogP contribution in [0.4, 0.5) is 0 Å². The highest BCUT2D eigenvalue weighted by Gasteiger charge is 2.18. The Kier molecular flexibility index (Phi) is 7.92. The third-order valence-corrected chi connectivity index (χ3v) is 5.47. The summed E-state index contributed by atoms with van der Waals surface area (Å²) < 4.78 is 2.05. The molecule has 0 atom stereocenters. The van der Waals surface area contributed by atoms with Crippen molar-refractivity contribution >= 4 is 17.7 Å². The minimum atomic E-state index is 0.235. The van der Waals surface area contributed by atoms with E-state index < -0.39 is 0 Å². The second-order valence-electron chi connectivity index (χ2n) is 6.35. The normalized spacial score (nSPS) is 15.1. The Morgan fingerprint density at radius 2 is 1.83 bits per heavy atom. The molecule has 1 aromatic heterocycles. The van der Waals surface area contributed by atoms with Crippen LogP contribution in [0.5, 0.6) is 0 Å². The van der Waals surface area contributed by atoms with Crippen molar-refractivity contribution in [3.8, 4) is 0 Å². The van der Waals surface area contributed by atoms with Crippen molar-refractivity contribution < 1.29 is 4.79 Å². The van der Waals surface area contributed by atoms with Gasteiger partial charge in [-0.3, -0.25) is 4.79 Å². The number of aryl methyl sites for hydroxylation is 1. The van der Waals surface area contributed by atoms with Crippen LogP contribution in [0.1, 0.15) is 64.1 Å². The molecule has 1 amide bonds. The first-order valence-corrected chi connectivity index (χ1v) is 9.99. The first kappa shape index (κ1) is 18.3. The van der Waals surface area contributed by atoms with E-state index in [1.54, 1.807) is 0 Å². The molecule has 0 saturated carbocycles. The SMILES string of the molecule is CCCCCCCc1nnc(SCC(=O)N2CCCCC2)n1C. The molecule has 1 saturated heterocycles. The van der Waals surface area contributed by atoms with Gasteiger partial charge in [-0.15, -0.1) is 10.2 Å². The van der Waals surface area contributed by atoms with E-state index in [0.717, 1.165) is 43.3 Å². The summed E-state index contributed by atoms with van der Waals surface area (Å²) in [7, 11) is 2.01. The molecule has 2 rings (SSSR count). The minimum absolute atomic E-state index is 0.235. The fourth-order valence-electron chi connectivity index (χ4n) is 2.94. The summed E-state index contributed by atoms with van der Waals surface area (Å²) in [6, 6.07) is 0. The highest BCUT2D eigenvalue weighted by Crippen LogP contribution is 2.19. The van der Waals surface area contributed by atoms with Gasteiger partial charge in [0.2, 0.25) is 5.91 Å². The first-order valence-electron chi connectivity index (χ1n) is 9.01. The molecule has 0 aromatic carbocycles. The molecule has 1 aliphatic rings. The quantitative estimate of drug-likeness (QED) is 0.511. The predicted octanol–water partition coefficient (Wildman–Crippen LogP) is 3.43. The van der Waals surface area contributed by atoms with Gasteiger partial charge >= 0.3 is 0 Å². The number of piperidine rings is 1. The Bertz CT molecular complexity index is 483. The number of thioether (sulfide) groups is 1. The Balaban J connectivity index is 1.74. The van der Waals surface area contributed by atoms with E-state index in [2.05, 4.69) is 17.1 Å². The monoisotopic (exact) mass is 338 g/mol. The van der Waals surface area contributed by atoms with Crippen LogP contribution in [-0.2, 0) is 18.3 Å². The third-order valence-electron chi connectivity index (χ3n) is 4.46. The van der Waals surface area contributed by atoms with E-state index in [9.17, 15) is 4.79 Å². The largest absolute Gasteiger partial charge is 0.342 e. The second-order valence-corrected chi connectivity index (χ2v) is 7.29. The molecule has 0 N–H and O–H groups in total. The average molecular weight is 339 g/mol. The Labute approximate surface area is 144 Å². The Morgan fingerprint density at radius 1 is 1.09 bits per heavy atom. The zero-order valence-electron chi connectivity index (χ0n) is 14.6. The molecule has 0 bridgehead atoms. The van der Waals surface area contributed by atoms with Crippen molar-refractivity contribution in [3.63, 3.8) is 0 Å². The maximum absolute atomic E-state index is 12.2. The average Bonchev–Trinajstić information content (AvgIpc) is 2.93. The summed E-state index contributed by atoms with van der Waals surface area (Å²) in [5, 5.41) is 9.40. The van der Waals surface area contributed by atoms with E-state index in [4.69, 9.17) is 0 Å². The van der Waals surface area contributed by atoms with Gasteiger partial charge < -0.3 is 9.47 Å². The van der Waals surface area contributed by atoms with E-state index in [-0.39, 0.29) is 5.91 Å². The van der Waals surface area contributed by atoms with Crippen molar-refractivity contribution in [2.45, 2.75) is 69.9 Å². The number of amides is 1. The topological polar surface area (TPSA) is 51.0 Å². The van der Waals surface area contributed by atoms with E-state index in [1.807, 2.05) is 16.5 Å². The molecule has 130 valence electrons. The lowest BCUT2D eigenvalue weighted by atomic mass is 10.1. The van der Waals surface area contributed by atoms with E-state index in [0.29, 0.717) is 5.75 Å². The van der Waals surface area contributed by atoms with Crippen LogP contribution >= 0.6 is 11.8 Å². The molecule has 1 aliphatic heterocycles. The molecule has 23 heavy (non-hydrogen) atoms. The number of likely N-dealkylation sites (tertiary alicyclic amines) is 1. The van der Waals surface area contributed by atoms with Gasteiger partial charge in [0, 0.05) is 26.6 Å². The predicted molar refractivity (Wildman–Crippen MR) is 94.6 cm³/mol.